The van der Waals surface area contributed by atoms with E-state index in [0.29, 0.717) is 5.71 Å². The molecule has 0 amide bonds. The molecule has 0 fully saturated rings. The average molecular weight is 373 g/mol. The van der Waals surface area contributed by atoms with Crippen molar-refractivity contribution in [3.63, 3.8) is 0 Å². The molecule has 0 aliphatic heterocycles. The lowest BCUT2D eigenvalue weighted by atomic mass is 9.82. The maximum absolute atomic E-state index is 9.15. The summed E-state index contributed by atoms with van der Waals surface area (Å²) in [4.78, 5) is 2.11. The number of hydrogen-bond acceptors (Lipinski definition) is 2. The lowest BCUT2D eigenvalue weighted by Crippen LogP contribution is -2.15. The van der Waals surface area contributed by atoms with Gasteiger partial charge in [0, 0.05) is 36.8 Å². The third-order valence-corrected chi connectivity index (χ3v) is 6.42. The Kier molecular flexibility index (Phi) is 5.34. The number of allylic oxidation sites excluding steroid dienone is 4. The van der Waals surface area contributed by atoms with Gasteiger partial charge in [-0.25, -0.2) is 0 Å². The van der Waals surface area contributed by atoms with Gasteiger partial charge in [0.05, 0.1) is 5.71 Å². The van der Waals surface area contributed by atoms with Gasteiger partial charge >= 0.3 is 0 Å². The van der Waals surface area contributed by atoms with Crippen molar-refractivity contribution in [3.05, 3.63) is 86.5 Å². The molecule has 1 unspecified atom stereocenters. The number of nitrogens with zero attached hydrogens (tertiary/aromatic N) is 1. The summed E-state index contributed by atoms with van der Waals surface area (Å²) < 4.78 is 0. The van der Waals surface area contributed by atoms with E-state index in [1.165, 1.54) is 39.0 Å². The van der Waals surface area contributed by atoms with Gasteiger partial charge in [0.25, 0.3) is 0 Å². The molecule has 0 heterocycles. The standard InChI is InChI=1S/C26H32N2/c1-15-9-11-22(20(6)18(15)4)26(27)24-14-21(28(7)8)10-12-23(24)25-17(3)13-16(2)19(25)5/h9-14,25,27H,1-8H3. The largest absolute Gasteiger partial charge is 0.378 e. The van der Waals surface area contributed by atoms with E-state index in [4.69, 9.17) is 5.41 Å². The Morgan fingerprint density at radius 3 is 2.11 bits per heavy atom. The van der Waals surface area contributed by atoms with Gasteiger partial charge < -0.3 is 4.90 Å². The molecule has 1 aliphatic rings. The van der Waals surface area contributed by atoms with Gasteiger partial charge in [-0.2, -0.15) is 0 Å². The lowest BCUT2D eigenvalue weighted by Gasteiger charge is -2.24. The SMILES string of the molecule is CC1=CC(C)=C(C)C1c1ccc(N(C)C)cc1C(=N)c1ccc(C)c(C)c1C. The fourth-order valence-corrected chi connectivity index (χ4v) is 4.25. The van der Waals surface area contributed by atoms with Crippen LogP contribution in [-0.2, 0) is 0 Å². The number of benzene rings is 2. The molecule has 0 saturated heterocycles. The second-order valence-electron chi connectivity index (χ2n) is 8.41. The smallest absolute Gasteiger partial charge is 0.0691 e. The third-order valence-electron chi connectivity index (χ3n) is 6.42. The van der Waals surface area contributed by atoms with Crippen LogP contribution in [0.5, 0.6) is 0 Å². The Labute approximate surface area is 170 Å². The third kappa shape index (κ3) is 3.32. The molecule has 3 rings (SSSR count). The summed E-state index contributed by atoms with van der Waals surface area (Å²) in [6, 6.07) is 10.8. The first kappa shape index (κ1) is 20.1. The van der Waals surface area contributed by atoms with Crippen molar-refractivity contribution in [2.75, 3.05) is 19.0 Å². The highest BCUT2D eigenvalue weighted by molar-refractivity contribution is 6.13. The fourth-order valence-electron chi connectivity index (χ4n) is 4.25. The molecule has 0 saturated carbocycles. The van der Waals surface area contributed by atoms with Crippen LogP contribution in [0.15, 0.2) is 53.1 Å². The van der Waals surface area contributed by atoms with Crippen LogP contribution in [0, 0.1) is 26.2 Å². The second kappa shape index (κ2) is 7.43. The molecule has 0 aromatic heterocycles. The van der Waals surface area contributed by atoms with Crippen molar-refractivity contribution in [1.29, 1.82) is 5.41 Å². The lowest BCUT2D eigenvalue weighted by molar-refractivity contribution is 0.933. The minimum absolute atomic E-state index is 0.262. The van der Waals surface area contributed by atoms with Crippen molar-refractivity contribution < 1.29 is 0 Å². The van der Waals surface area contributed by atoms with Gasteiger partial charge in [-0.1, -0.05) is 41.0 Å². The maximum atomic E-state index is 9.15. The zero-order chi connectivity index (χ0) is 20.7. The van der Waals surface area contributed by atoms with Gasteiger partial charge in [0.2, 0.25) is 0 Å². The van der Waals surface area contributed by atoms with Crippen LogP contribution < -0.4 is 4.90 Å². The average Bonchev–Trinajstić information content (AvgIpc) is 2.90. The number of nitrogens with one attached hydrogen (secondary N) is 1. The summed E-state index contributed by atoms with van der Waals surface area (Å²) in [7, 11) is 4.11. The van der Waals surface area contributed by atoms with Crippen LogP contribution in [-0.4, -0.2) is 19.8 Å². The first-order chi connectivity index (χ1) is 13.1. The van der Waals surface area contributed by atoms with Crippen LogP contribution in [0.1, 0.15) is 60.1 Å². The van der Waals surface area contributed by atoms with E-state index in [1.54, 1.807) is 0 Å². The first-order valence-electron chi connectivity index (χ1n) is 9.96. The normalized spacial score (nSPS) is 16.4. The van der Waals surface area contributed by atoms with E-state index in [-0.39, 0.29) is 5.92 Å². The maximum Gasteiger partial charge on any atom is 0.0691 e. The predicted octanol–water partition coefficient (Wildman–Crippen LogP) is 6.47. The molecule has 146 valence electrons. The minimum Gasteiger partial charge on any atom is -0.378 e. The quantitative estimate of drug-likeness (QED) is 0.611. The highest BCUT2D eigenvalue weighted by Crippen LogP contribution is 2.42. The summed E-state index contributed by atoms with van der Waals surface area (Å²) >= 11 is 0. The molecule has 2 nitrogen and oxygen atoms in total. The van der Waals surface area contributed by atoms with Crippen molar-refractivity contribution in [2.45, 2.75) is 47.5 Å². The Hall–Kier alpha value is -2.61. The monoisotopic (exact) mass is 372 g/mol. The molecule has 28 heavy (non-hydrogen) atoms. The molecule has 1 N–H and O–H groups in total. The molecule has 1 aliphatic carbocycles. The highest BCUT2D eigenvalue weighted by Gasteiger charge is 2.26. The van der Waals surface area contributed by atoms with E-state index < -0.39 is 0 Å². The number of aryl methyl sites for hydroxylation is 1. The molecule has 0 radical (unpaired) electrons. The predicted molar refractivity (Wildman–Crippen MR) is 122 cm³/mol. The number of rotatable bonds is 4. The van der Waals surface area contributed by atoms with E-state index in [9.17, 15) is 0 Å². The van der Waals surface area contributed by atoms with Crippen LogP contribution in [0.3, 0.4) is 0 Å². The molecule has 2 heteroatoms. The Morgan fingerprint density at radius 1 is 0.857 bits per heavy atom. The zero-order valence-corrected chi connectivity index (χ0v) is 18.5. The number of anilines is 1. The van der Waals surface area contributed by atoms with Gasteiger partial charge in [-0.15, -0.1) is 0 Å². The molecule has 1 atom stereocenters. The molecule has 2 aromatic rings. The van der Waals surface area contributed by atoms with E-state index in [2.05, 4.69) is 96.9 Å². The summed E-state index contributed by atoms with van der Waals surface area (Å²) in [5.74, 6) is 0.262. The van der Waals surface area contributed by atoms with Crippen molar-refractivity contribution in [3.8, 4) is 0 Å². The Morgan fingerprint density at radius 2 is 1.54 bits per heavy atom. The van der Waals surface area contributed by atoms with E-state index in [0.717, 1.165) is 16.8 Å². The van der Waals surface area contributed by atoms with Gasteiger partial charge in [0.1, 0.15) is 0 Å². The van der Waals surface area contributed by atoms with E-state index in [1.807, 2.05) is 0 Å². The summed E-state index contributed by atoms with van der Waals surface area (Å²) in [6.45, 7) is 13.0. The molecule has 0 spiro atoms. The fraction of sp³-hybridized carbons (Fsp3) is 0.346. The number of hydrogen-bond donors (Lipinski definition) is 1. The van der Waals surface area contributed by atoms with Crippen molar-refractivity contribution >= 4 is 11.4 Å². The first-order valence-corrected chi connectivity index (χ1v) is 9.96. The summed E-state index contributed by atoms with van der Waals surface area (Å²) in [5.41, 5.74) is 12.9. The zero-order valence-electron chi connectivity index (χ0n) is 18.5. The molecule has 2 aromatic carbocycles. The van der Waals surface area contributed by atoms with Crippen molar-refractivity contribution in [1.82, 2.24) is 0 Å². The topological polar surface area (TPSA) is 27.1 Å². The van der Waals surface area contributed by atoms with Crippen LogP contribution in [0.4, 0.5) is 5.69 Å². The molecular formula is C26H32N2. The Bertz CT molecular complexity index is 1020. The van der Waals surface area contributed by atoms with Crippen LogP contribution in [0.2, 0.25) is 0 Å². The van der Waals surface area contributed by atoms with E-state index >= 15 is 0 Å². The summed E-state index contributed by atoms with van der Waals surface area (Å²) in [6.07, 6.45) is 2.29. The molecular weight excluding hydrogens is 340 g/mol. The van der Waals surface area contributed by atoms with Gasteiger partial charge in [-0.05, 0) is 75.9 Å². The van der Waals surface area contributed by atoms with Crippen LogP contribution in [0.25, 0.3) is 0 Å². The van der Waals surface area contributed by atoms with Crippen LogP contribution >= 0.6 is 0 Å². The van der Waals surface area contributed by atoms with Gasteiger partial charge in [-0.3, -0.25) is 5.41 Å². The highest BCUT2D eigenvalue weighted by atomic mass is 15.1. The molecule has 0 bridgehead atoms. The van der Waals surface area contributed by atoms with Gasteiger partial charge in [0.15, 0.2) is 0 Å². The Balaban J connectivity index is 2.22. The minimum atomic E-state index is 0.262. The summed E-state index contributed by atoms with van der Waals surface area (Å²) in [5, 5.41) is 9.15. The van der Waals surface area contributed by atoms with Crippen molar-refractivity contribution in [2.24, 2.45) is 0 Å². The second-order valence-corrected chi connectivity index (χ2v) is 8.41.